The second-order valence-corrected chi connectivity index (χ2v) is 12.6. The predicted molar refractivity (Wildman–Crippen MR) is 187 cm³/mol. The van der Waals surface area contributed by atoms with Gasteiger partial charge in [0.25, 0.3) is 0 Å². The Morgan fingerprint density at radius 1 is 0.600 bits per heavy atom. The summed E-state index contributed by atoms with van der Waals surface area (Å²) in [6, 6.07) is 38.7. The molecule has 0 radical (unpaired) electrons. The molecule has 0 N–H and O–H groups in total. The van der Waals surface area contributed by atoms with E-state index in [1.807, 2.05) is 12.1 Å². The molecule has 4 heteroatoms. The van der Waals surface area contributed by atoms with Crippen LogP contribution in [0.5, 0.6) is 0 Å². The van der Waals surface area contributed by atoms with Crippen LogP contribution in [0.25, 0.3) is 72.1 Å². The molecule has 220 valence electrons. The lowest BCUT2D eigenvalue weighted by Gasteiger charge is -2.24. The third kappa shape index (κ3) is 4.27. The third-order valence-electron chi connectivity index (χ3n) is 9.09. The van der Waals surface area contributed by atoms with Crippen LogP contribution in [0.15, 0.2) is 114 Å². The molecule has 0 saturated carbocycles. The van der Waals surface area contributed by atoms with Crippen molar-refractivity contribution in [2.45, 2.75) is 46.5 Å². The van der Waals surface area contributed by atoms with Crippen molar-refractivity contribution >= 4 is 43.9 Å². The highest BCUT2D eigenvalue weighted by Gasteiger charge is 2.27. The van der Waals surface area contributed by atoms with Crippen molar-refractivity contribution in [2.75, 3.05) is 0 Å². The summed E-state index contributed by atoms with van der Waals surface area (Å²) >= 11 is 0. The summed E-state index contributed by atoms with van der Waals surface area (Å²) in [5.74, 6) is 1.37. The number of aromatic nitrogens is 3. The van der Waals surface area contributed by atoms with Crippen molar-refractivity contribution in [2.24, 2.45) is 0 Å². The fourth-order valence-corrected chi connectivity index (χ4v) is 6.89. The number of benzene rings is 5. The van der Waals surface area contributed by atoms with Gasteiger partial charge in [0.05, 0.1) is 11.3 Å². The Kier molecular flexibility index (Phi) is 6.35. The molecule has 0 saturated heterocycles. The second-order valence-electron chi connectivity index (χ2n) is 12.6. The SMILES string of the molecule is Cc1nc2nc(-c3cccc4c3oc3ccccc34)n(-c3c(C(C)C)cc(-c4ccccc4)cc3C(C)C)c2c2ccccc12. The van der Waals surface area contributed by atoms with Crippen molar-refractivity contribution in [3.8, 4) is 28.2 Å². The van der Waals surface area contributed by atoms with Crippen LogP contribution in [0.1, 0.15) is 56.4 Å². The summed E-state index contributed by atoms with van der Waals surface area (Å²) in [7, 11) is 0. The Morgan fingerprint density at radius 2 is 1.22 bits per heavy atom. The molecule has 0 spiro atoms. The van der Waals surface area contributed by atoms with Gasteiger partial charge in [-0.25, -0.2) is 9.97 Å². The van der Waals surface area contributed by atoms with E-state index in [1.165, 1.54) is 27.9 Å². The van der Waals surface area contributed by atoms with Gasteiger partial charge in [0, 0.05) is 27.2 Å². The Labute approximate surface area is 263 Å². The lowest BCUT2D eigenvalue weighted by atomic mass is 9.88. The van der Waals surface area contributed by atoms with Crippen molar-refractivity contribution in [3.63, 3.8) is 0 Å². The first-order valence-corrected chi connectivity index (χ1v) is 15.8. The maximum absolute atomic E-state index is 6.59. The first kappa shape index (κ1) is 27.3. The number of fused-ring (bicyclic) bond motifs is 6. The van der Waals surface area contributed by atoms with Crippen LogP contribution >= 0.6 is 0 Å². The van der Waals surface area contributed by atoms with E-state index in [0.717, 1.165) is 61.0 Å². The van der Waals surface area contributed by atoms with E-state index >= 15 is 0 Å². The van der Waals surface area contributed by atoms with Crippen LogP contribution in [-0.2, 0) is 0 Å². The average Bonchev–Trinajstić information content (AvgIpc) is 3.63. The Balaban J connectivity index is 1.56. The normalized spacial score (nSPS) is 12.1. The lowest BCUT2D eigenvalue weighted by Crippen LogP contribution is -2.10. The number of rotatable bonds is 5. The average molecular weight is 586 g/mol. The van der Waals surface area contributed by atoms with Gasteiger partial charge >= 0.3 is 0 Å². The van der Waals surface area contributed by atoms with E-state index in [4.69, 9.17) is 14.4 Å². The van der Waals surface area contributed by atoms with Gasteiger partial charge in [-0.15, -0.1) is 0 Å². The molecule has 8 rings (SSSR count). The molecule has 0 unspecified atom stereocenters. The molecular weight excluding hydrogens is 550 g/mol. The minimum Gasteiger partial charge on any atom is -0.455 e. The van der Waals surface area contributed by atoms with E-state index in [1.54, 1.807) is 0 Å². The molecule has 0 atom stereocenters. The van der Waals surface area contributed by atoms with Gasteiger partial charge in [-0.05, 0) is 65.3 Å². The molecule has 5 aromatic carbocycles. The number of imidazole rings is 1. The fraction of sp³-hybridized carbons (Fsp3) is 0.171. The summed E-state index contributed by atoms with van der Waals surface area (Å²) in [4.78, 5) is 10.5. The number of pyridine rings is 1. The molecule has 0 bridgehead atoms. The summed E-state index contributed by atoms with van der Waals surface area (Å²) in [6.07, 6.45) is 0. The Morgan fingerprint density at radius 3 is 1.93 bits per heavy atom. The quantitative estimate of drug-likeness (QED) is 0.202. The predicted octanol–water partition coefficient (Wildman–Crippen LogP) is 11.4. The minimum atomic E-state index is 0.262. The number of nitrogens with zero attached hydrogens (tertiary/aromatic N) is 3. The van der Waals surface area contributed by atoms with E-state index in [0.29, 0.717) is 0 Å². The van der Waals surface area contributed by atoms with E-state index in [9.17, 15) is 0 Å². The Bertz CT molecular complexity index is 2360. The van der Waals surface area contributed by atoms with E-state index < -0.39 is 0 Å². The van der Waals surface area contributed by atoms with Gasteiger partial charge in [-0.2, -0.15) is 0 Å². The summed E-state index contributed by atoms with van der Waals surface area (Å²) in [5.41, 5.74) is 11.6. The fourth-order valence-electron chi connectivity index (χ4n) is 6.89. The highest BCUT2D eigenvalue weighted by molar-refractivity contribution is 6.11. The van der Waals surface area contributed by atoms with Gasteiger partial charge in [-0.1, -0.05) is 113 Å². The zero-order chi connectivity index (χ0) is 30.8. The van der Waals surface area contributed by atoms with Gasteiger partial charge in [0.2, 0.25) is 0 Å². The largest absolute Gasteiger partial charge is 0.455 e. The van der Waals surface area contributed by atoms with Crippen molar-refractivity contribution in [1.82, 2.24) is 14.5 Å². The van der Waals surface area contributed by atoms with Gasteiger partial charge < -0.3 is 4.42 Å². The van der Waals surface area contributed by atoms with E-state index in [2.05, 4.69) is 136 Å². The molecule has 0 aliphatic rings. The maximum Gasteiger partial charge on any atom is 0.179 e. The second kappa shape index (κ2) is 10.4. The number of aryl methyl sites for hydroxylation is 1. The van der Waals surface area contributed by atoms with Gasteiger partial charge in [0.15, 0.2) is 11.5 Å². The molecule has 3 heterocycles. The molecular formula is C41H35N3O. The van der Waals surface area contributed by atoms with Crippen molar-refractivity contribution < 1.29 is 4.42 Å². The summed E-state index contributed by atoms with van der Waals surface area (Å²) in [5, 5.41) is 4.47. The third-order valence-corrected chi connectivity index (χ3v) is 9.09. The van der Waals surface area contributed by atoms with Gasteiger partial charge in [-0.3, -0.25) is 4.57 Å². The first-order valence-electron chi connectivity index (χ1n) is 15.8. The van der Waals surface area contributed by atoms with Gasteiger partial charge in [0.1, 0.15) is 16.7 Å². The minimum absolute atomic E-state index is 0.262. The topological polar surface area (TPSA) is 43.9 Å². The molecule has 4 nitrogen and oxygen atoms in total. The summed E-state index contributed by atoms with van der Waals surface area (Å²) < 4.78 is 8.99. The first-order chi connectivity index (χ1) is 21.9. The van der Waals surface area contributed by atoms with Crippen LogP contribution in [0.4, 0.5) is 0 Å². The maximum atomic E-state index is 6.59. The number of para-hydroxylation sites is 2. The Hall–Kier alpha value is -5.22. The molecule has 0 aliphatic carbocycles. The monoisotopic (exact) mass is 585 g/mol. The zero-order valence-electron chi connectivity index (χ0n) is 26.3. The highest BCUT2D eigenvalue weighted by atomic mass is 16.3. The molecule has 0 amide bonds. The van der Waals surface area contributed by atoms with Crippen molar-refractivity contribution in [1.29, 1.82) is 0 Å². The lowest BCUT2D eigenvalue weighted by molar-refractivity contribution is 0.669. The molecule has 0 fully saturated rings. The van der Waals surface area contributed by atoms with E-state index in [-0.39, 0.29) is 11.8 Å². The standard InChI is InChI=1S/C41H35N3O/c1-24(2)34-22-28(27-14-7-6-8-15-27)23-35(25(3)4)37(34)44-38-31-18-10-9-16-29(31)26(5)42-40(38)43-41(44)33-20-13-19-32-30-17-11-12-21-36(30)45-39(32)33/h6-25H,1-5H3. The molecule has 8 aromatic rings. The van der Waals surface area contributed by atoms with Crippen LogP contribution < -0.4 is 0 Å². The van der Waals surface area contributed by atoms with Crippen LogP contribution in [-0.4, -0.2) is 14.5 Å². The highest BCUT2D eigenvalue weighted by Crippen LogP contribution is 2.43. The molecule has 0 aliphatic heterocycles. The summed E-state index contributed by atoms with van der Waals surface area (Å²) in [6.45, 7) is 11.2. The number of hydrogen-bond acceptors (Lipinski definition) is 3. The van der Waals surface area contributed by atoms with Crippen LogP contribution in [0, 0.1) is 6.92 Å². The number of hydrogen-bond donors (Lipinski definition) is 0. The van der Waals surface area contributed by atoms with Crippen molar-refractivity contribution in [3.05, 3.63) is 126 Å². The zero-order valence-corrected chi connectivity index (χ0v) is 26.3. The van der Waals surface area contributed by atoms with Crippen LogP contribution in [0.3, 0.4) is 0 Å². The molecule has 3 aromatic heterocycles. The number of furan rings is 1. The smallest absolute Gasteiger partial charge is 0.179 e. The van der Waals surface area contributed by atoms with Crippen LogP contribution in [0.2, 0.25) is 0 Å². The molecule has 45 heavy (non-hydrogen) atoms.